The van der Waals surface area contributed by atoms with Gasteiger partial charge >= 0.3 is 0 Å². The van der Waals surface area contributed by atoms with Gasteiger partial charge in [-0.15, -0.1) is 0 Å². The van der Waals surface area contributed by atoms with Crippen molar-refractivity contribution in [2.45, 2.75) is 31.8 Å². The maximum atomic E-state index is 4.85. The van der Waals surface area contributed by atoms with Crippen LogP contribution in [0.4, 0.5) is 0 Å². The number of fused-ring (bicyclic) bond motifs is 2. The molecule has 1 atom stereocenters. The summed E-state index contributed by atoms with van der Waals surface area (Å²) in [5, 5.41) is 0. The monoisotopic (exact) mass is 290 g/mol. The summed E-state index contributed by atoms with van der Waals surface area (Å²) < 4.78 is 0. The van der Waals surface area contributed by atoms with Gasteiger partial charge in [0.05, 0.1) is 0 Å². The Morgan fingerprint density at radius 2 is 1.48 bits per heavy atom. The molecule has 0 saturated carbocycles. The fourth-order valence-corrected chi connectivity index (χ4v) is 4.06. The number of hydrogen-bond donors (Lipinski definition) is 0. The molecule has 2 saturated heterocycles. The summed E-state index contributed by atoms with van der Waals surface area (Å²) in [7, 11) is 2.17. The molecule has 6 nitrogen and oxygen atoms in total. The predicted octanol–water partition coefficient (Wildman–Crippen LogP) is 0.477. The van der Waals surface area contributed by atoms with E-state index in [4.69, 9.17) is 9.98 Å². The van der Waals surface area contributed by atoms with Crippen molar-refractivity contribution in [3.05, 3.63) is 0 Å². The minimum atomic E-state index is 0.458. The Kier molecular flexibility index (Phi) is 3.39. The van der Waals surface area contributed by atoms with Crippen molar-refractivity contribution in [3.8, 4) is 0 Å². The van der Waals surface area contributed by atoms with Gasteiger partial charge in [0.1, 0.15) is 6.17 Å². The largest absolute Gasteiger partial charge is 0.346 e. The van der Waals surface area contributed by atoms with Crippen molar-refractivity contribution >= 4 is 11.9 Å². The van der Waals surface area contributed by atoms with E-state index in [2.05, 4.69) is 26.6 Å². The topological polar surface area (TPSA) is 37.7 Å². The van der Waals surface area contributed by atoms with Gasteiger partial charge in [0.15, 0.2) is 11.9 Å². The third kappa shape index (κ3) is 2.24. The zero-order valence-corrected chi connectivity index (χ0v) is 13.0. The third-order valence-electron chi connectivity index (χ3n) is 5.06. The molecule has 4 aliphatic rings. The van der Waals surface area contributed by atoms with Crippen LogP contribution >= 0.6 is 0 Å². The van der Waals surface area contributed by atoms with E-state index in [1.54, 1.807) is 0 Å². The van der Waals surface area contributed by atoms with Crippen LogP contribution in [0.5, 0.6) is 0 Å². The molecule has 4 aliphatic heterocycles. The molecule has 0 N–H and O–H groups in total. The average molecular weight is 290 g/mol. The van der Waals surface area contributed by atoms with Crippen molar-refractivity contribution in [3.63, 3.8) is 0 Å². The van der Waals surface area contributed by atoms with Crippen LogP contribution in [0.1, 0.15) is 25.7 Å². The van der Waals surface area contributed by atoms with E-state index in [9.17, 15) is 0 Å². The van der Waals surface area contributed by atoms with Gasteiger partial charge in [-0.3, -0.25) is 9.98 Å². The van der Waals surface area contributed by atoms with Crippen molar-refractivity contribution in [1.29, 1.82) is 0 Å². The smallest absolute Gasteiger partial charge is 0.198 e. The van der Waals surface area contributed by atoms with Crippen molar-refractivity contribution in [2.24, 2.45) is 9.98 Å². The predicted molar refractivity (Wildman–Crippen MR) is 84.5 cm³/mol. The summed E-state index contributed by atoms with van der Waals surface area (Å²) in [5.41, 5.74) is 0. The van der Waals surface area contributed by atoms with Crippen LogP contribution in [-0.4, -0.2) is 90.5 Å². The van der Waals surface area contributed by atoms with E-state index < -0.39 is 0 Å². The first-order chi connectivity index (χ1) is 10.3. The Hall–Kier alpha value is -1.46. The number of aliphatic imine (C=N–C) groups is 2. The molecule has 0 aromatic rings. The molecule has 0 amide bonds. The molecule has 0 aromatic carbocycles. The summed E-state index contributed by atoms with van der Waals surface area (Å²) in [5.74, 6) is 2.46. The Bertz CT molecular complexity index is 459. The Morgan fingerprint density at radius 3 is 2.38 bits per heavy atom. The van der Waals surface area contributed by atoms with Crippen LogP contribution in [0, 0.1) is 0 Å². The lowest BCUT2D eigenvalue weighted by Crippen LogP contribution is -2.66. The lowest BCUT2D eigenvalue weighted by molar-refractivity contribution is 0.0700. The van der Waals surface area contributed by atoms with E-state index in [0.29, 0.717) is 6.17 Å². The molecule has 21 heavy (non-hydrogen) atoms. The van der Waals surface area contributed by atoms with Crippen molar-refractivity contribution in [1.82, 2.24) is 19.6 Å². The number of hydrogen-bond acceptors (Lipinski definition) is 6. The molecule has 0 radical (unpaired) electrons. The fraction of sp³-hybridized carbons (Fsp3) is 0.867. The maximum Gasteiger partial charge on any atom is 0.198 e. The molecule has 4 rings (SSSR count). The van der Waals surface area contributed by atoms with Gasteiger partial charge in [0, 0.05) is 59.3 Å². The molecule has 0 aromatic heterocycles. The Labute approximate surface area is 127 Å². The summed E-state index contributed by atoms with van der Waals surface area (Å²) in [6.45, 7) is 7.73. The van der Waals surface area contributed by atoms with E-state index in [1.165, 1.54) is 50.7 Å². The first-order valence-electron chi connectivity index (χ1n) is 8.43. The molecule has 0 spiro atoms. The molecular weight excluding hydrogens is 264 g/mol. The SMILES string of the molecule is CN1CCC(N2CCCN3CCCN=C32)N2CCCN=C12. The standard InChI is InChI=1S/C15H26N6/c1-18-12-5-13(20-10-3-7-16-14(18)20)21-11-4-9-19-8-2-6-17-15(19)21/h13H,2-12H2,1H3. The molecule has 4 heterocycles. The fourth-order valence-electron chi connectivity index (χ4n) is 4.06. The molecule has 6 heteroatoms. The number of rotatable bonds is 1. The minimum Gasteiger partial charge on any atom is -0.346 e. The second-order valence-corrected chi connectivity index (χ2v) is 6.49. The first-order valence-corrected chi connectivity index (χ1v) is 8.43. The first kappa shape index (κ1) is 13.2. The number of guanidine groups is 2. The Balaban J connectivity index is 1.61. The zero-order chi connectivity index (χ0) is 14.2. The van der Waals surface area contributed by atoms with Crippen LogP contribution in [0.3, 0.4) is 0 Å². The van der Waals surface area contributed by atoms with Gasteiger partial charge in [-0.25, -0.2) is 0 Å². The number of nitrogens with zero attached hydrogens (tertiary/aromatic N) is 6. The highest BCUT2D eigenvalue weighted by molar-refractivity contribution is 5.84. The second-order valence-electron chi connectivity index (χ2n) is 6.49. The van der Waals surface area contributed by atoms with Gasteiger partial charge in [-0.2, -0.15) is 0 Å². The van der Waals surface area contributed by atoms with Crippen LogP contribution < -0.4 is 0 Å². The second kappa shape index (κ2) is 5.39. The molecular formula is C15H26N6. The highest BCUT2D eigenvalue weighted by Gasteiger charge is 2.38. The Morgan fingerprint density at radius 1 is 0.810 bits per heavy atom. The van der Waals surface area contributed by atoms with Crippen LogP contribution in [-0.2, 0) is 0 Å². The normalized spacial score (nSPS) is 29.7. The van der Waals surface area contributed by atoms with Gasteiger partial charge < -0.3 is 19.6 Å². The van der Waals surface area contributed by atoms with E-state index >= 15 is 0 Å². The third-order valence-corrected chi connectivity index (χ3v) is 5.06. The highest BCUT2D eigenvalue weighted by atomic mass is 15.5. The van der Waals surface area contributed by atoms with Gasteiger partial charge in [-0.05, 0) is 19.3 Å². The lowest BCUT2D eigenvalue weighted by Gasteiger charge is -2.52. The van der Waals surface area contributed by atoms with E-state index in [-0.39, 0.29) is 0 Å². The molecule has 1 unspecified atom stereocenters. The average Bonchev–Trinajstić information content (AvgIpc) is 2.55. The summed E-state index contributed by atoms with van der Waals surface area (Å²) in [4.78, 5) is 19.5. The molecule has 0 aliphatic carbocycles. The van der Waals surface area contributed by atoms with Gasteiger partial charge in [0.2, 0.25) is 0 Å². The van der Waals surface area contributed by atoms with Crippen LogP contribution in [0.2, 0.25) is 0 Å². The van der Waals surface area contributed by atoms with Crippen LogP contribution in [0.15, 0.2) is 9.98 Å². The lowest BCUT2D eigenvalue weighted by atomic mass is 10.1. The minimum absolute atomic E-state index is 0.458. The molecule has 0 bridgehead atoms. The van der Waals surface area contributed by atoms with E-state index in [1.807, 2.05) is 0 Å². The highest BCUT2D eigenvalue weighted by Crippen LogP contribution is 2.25. The van der Waals surface area contributed by atoms with Gasteiger partial charge in [0.25, 0.3) is 0 Å². The van der Waals surface area contributed by atoms with Crippen molar-refractivity contribution in [2.75, 3.05) is 52.9 Å². The summed E-state index contributed by atoms with van der Waals surface area (Å²) in [6.07, 6.45) is 5.28. The van der Waals surface area contributed by atoms with Gasteiger partial charge in [-0.1, -0.05) is 0 Å². The molecule has 116 valence electrons. The van der Waals surface area contributed by atoms with Crippen molar-refractivity contribution < 1.29 is 0 Å². The quantitative estimate of drug-likeness (QED) is 0.704. The summed E-state index contributed by atoms with van der Waals surface area (Å²) >= 11 is 0. The maximum absolute atomic E-state index is 4.85. The summed E-state index contributed by atoms with van der Waals surface area (Å²) in [6, 6.07) is 0. The van der Waals surface area contributed by atoms with Crippen LogP contribution in [0.25, 0.3) is 0 Å². The molecule has 2 fully saturated rings. The van der Waals surface area contributed by atoms with E-state index in [0.717, 1.165) is 32.7 Å². The zero-order valence-electron chi connectivity index (χ0n) is 13.0.